The highest BCUT2D eigenvalue weighted by Crippen LogP contribution is 2.36. The van der Waals surface area contributed by atoms with Gasteiger partial charge in [-0.3, -0.25) is 4.79 Å². The highest BCUT2D eigenvalue weighted by Gasteiger charge is 2.26. The minimum absolute atomic E-state index is 0.165. The maximum Gasteiger partial charge on any atom is 0.339 e. The molecule has 0 aliphatic carbocycles. The number of nitrogens with zero attached hydrogens (tertiary/aromatic N) is 1. The highest BCUT2D eigenvalue weighted by atomic mass is 35.5. The lowest BCUT2D eigenvalue weighted by molar-refractivity contribution is -0.139. The van der Waals surface area contributed by atoms with Gasteiger partial charge in [-0.25, -0.2) is 4.79 Å². The number of carbonyl (C=O) groups is 2. The van der Waals surface area contributed by atoms with E-state index in [0.29, 0.717) is 24.6 Å². The van der Waals surface area contributed by atoms with Crippen LogP contribution in [0.5, 0.6) is 11.5 Å². The van der Waals surface area contributed by atoms with Crippen LogP contribution in [0.25, 0.3) is 0 Å². The molecule has 1 aliphatic heterocycles. The predicted molar refractivity (Wildman–Crippen MR) is 94.5 cm³/mol. The first kappa shape index (κ1) is 19.4. The summed E-state index contributed by atoms with van der Waals surface area (Å²) in [5.41, 5.74) is 0.207. The average Bonchev–Trinajstić information content (AvgIpc) is 2.89. The van der Waals surface area contributed by atoms with Gasteiger partial charge in [-0.1, -0.05) is 24.4 Å². The number of ether oxygens (including phenoxy) is 3. The molecule has 25 heavy (non-hydrogen) atoms. The zero-order valence-electron chi connectivity index (χ0n) is 14.8. The lowest BCUT2D eigenvalue weighted by Crippen LogP contribution is -2.40. The first-order valence-corrected chi connectivity index (χ1v) is 8.77. The number of hydrogen-bond donors (Lipinski definition) is 0. The number of methoxy groups -OCH3 is 2. The number of likely N-dealkylation sites (tertiary alicyclic amines) is 1. The van der Waals surface area contributed by atoms with Crippen molar-refractivity contribution in [3.8, 4) is 11.5 Å². The van der Waals surface area contributed by atoms with Crippen LogP contribution in [-0.2, 0) is 9.53 Å². The molecule has 1 aromatic carbocycles. The van der Waals surface area contributed by atoms with Crippen molar-refractivity contribution in [1.82, 2.24) is 4.90 Å². The van der Waals surface area contributed by atoms with Crippen molar-refractivity contribution in [1.29, 1.82) is 0 Å². The van der Waals surface area contributed by atoms with Crippen molar-refractivity contribution in [2.24, 2.45) is 0 Å². The normalized spacial score (nSPS) is 15.9. The van der Waals surface area contributed by atoms with Crippen molar-refractivity contribution < 1.29 is 23.8 Å². The summed E-state index contributed by atoms with van der Waals surface area (Å²) in [6.07, 6.45) is 3.37. The second-order valence-corrected chi connectivity index (χ2v) is 6.39. The van der Waals surface area contributed by atoms with E-state index in [1.807, 2.05) is 0 Å². The minimum Gasteiger partial charge on any atom is -0.493 e. The minimum atomic E-state index is -0.850. The first-order chi connectivity index (χ1) is 12.0. The third-order valence-corrected chi connectivity index (χ3v) is 4.50. The molecule has 1 aliphatic rings. The van der Waals surface area contributed by atoms with Gasteiger partial charge in [0.15, 0.2) is 17.6 Å². The molecule has 0 saturated carbocycles. The van der Waals surface area contributed by atoms with Crippen molar-refractivity contribution >= 4 is 23.5 Å². The summed E-state index contributed by atoms with van der Waals surface area (Å²) in [7, 11) is 2.92. The van der Waals surface area contributed by atoms with Crippen LogP contribution in [0.3, 0.4) is 0 Å². The van der Waals surface area contributed by atoms with Gasteiger partial charge in [0.25, 0.3) is 5.91 Å². The lowest BCUT2D eigenvalue weighted by atomic mass is 10.2. The second kappa shape index (κ2) is 8.94. The lowest BCUT2D eigenvalue weighted by Gasteiger charge is -2.24. The van der Waals surface area contributed by atoms with Crippen molar-refractivity contribution in [3.05, 3.63) is 22.7 Å². The molecule has 1 aromatic rings. The number of halogens is 1. The molecule has 1 heterocycles. The number of benzene rings is 1. The number of rotatable bonds is 5. The summed E-state index contributed by atoms with van der Waals surface area (Å²) in [5.74, 6) is -0.122. The average molecular weight is 370 g/mol. The van der Waals surface area contributed by atoms with Crippen LogP contribution in [-0.4, -0.2) is 50.2 Å². The fourth-order valence-corrected chi connectivity index (χ4v) is 3.15. The van der Waals surface area contributed by atoms with Crippen LogP contribution in [0.1, 0.15) is 43.0 Å². The molecule has 0 spiro atoms. The summed E-state index contributed by atoms with van der Waals surface area (Å²) in [6, 6.07) is 2.92. The van der Waals surface area contributed by atoms with E-state index in [4.69, 9.17) is 25.8 Å². The monoisotopic (exact) mass is 369 g/mol. The maximum absolute atomic E-state index is 12.5. The Morgan fingerprint density at radius 2 is 1.72 bits per heavy atom. The topological polar surface area (TPSA) is 65.1 Å². The molecule has 1 fully saturated rings. The predicted octanol–water partition coefficient (Wildman–Crippen LogP) is 3.31. The fraction of sp³-hybridized carbons (Fsp3) is 0.556. The molecule has 138 valence electrons. The Hall–Kier alpha value is -1.95. The van der Waals surface area contributed by atoms with Crippen LogP contribution in [0, 0.1) is 0 Å². The molecule has 7 heteroatoms. The molecular weight excluding hydrogens is 346 g/mol. The van der Waals surface area contributed by atoms with E-state index >= 15 is 0 Å². The van der Waals surface area contributed by atoms with Crippen molar-refractivity contribution in [3.63, 3.8) is 0 Å². The number of esters is 1. The van der Waals surface area contributed by atoms with Crippen LogP contribution in [0.15, 0.2) is 12.1 Å². The van der Waals surface area contributed by atoms with E-state index in [1.54, 1.807) is 11.8 Å². The number of carbonyl (C=O) groups excluding carboxylic acids is 2. The van der Waals surface area contributed by atoms with Gasteiger partial charge in [0.2, 0.25) is 0 Å². The smallest absolute Gasteiger partial charge is 0.339 e. The summed E-state index contributed by atoms with van der Waals surface area (Å²) in [6.45, 7) is 3.01. The standard InChI is InChI=1S/C18H24ClNO5/c1-12(17(21)20-8-6-4-5-7-9-20)25-18(22)13-10-14(19)16(24-3)15(11-13)23-2/h10-12H,4-9H2,1-3H3/t12-/m1/s1. The number of hydrogen-bond acceptors (Lipinski definition) is 5. The van der Waals surface area contributed by atoms with E-state index in [9.17, 15) is 9.59 Å². The zero-order valence-corrected chi connectivity index (χ0v) is 15.6. The van der Waals surface area contributed by atoms with Crippen molar-refractivity contribution in [2.75, 3.05) is 27.3 Å². The Bertz CT molecular complexity index is 626. The van der Waals surface area contributed by atoms with E-state index in [2.05, 4.69) is 0 Å². The molecule has 0 radical (unpaired) electrons. The Morgan fingerprint density at radius 1 is 1.08 bits per heavy atom. The van der Waals surface area contributed by atoms with Gasteiger partial charge in [-0.15, -0.1) is 0 Å². The first-order valence-electron chi connectivity index (χ1n) is 8.39. The zero-order chi connectivity index (χ0) is 18.4. The van der Waals surface area contributed by atoms with Gasteiger partial charge in [0.05, 0.1) is 24.8 Å². The molecule has 0 bridgehead atoms. The highest BCUT2D eigenvalue weighted by molar-refractivity contribution is 6.32. The van der Waals surface area contributed by atoms with Crippen LogP contribution in [0.2, 0.25) is 5.02 Å². The van der Waals surface area contributed by atoms with E-state index in [0.717, 1.165) is 25.7 Å². The molecule has 2 rings (SSSR count). The second-order valence-electron chi connectivity index (χ2n) is 5.98. The Labute approximate surface area is 153 Å². The summed E-state index contributed by atoms with van der Waals surface area (Å²) in [5, 5.41) is 0.236. The Morgan fingerprint density at radius 3 is 2.28 bits per heavy atom. The van der Waals surface area contributed by atoms with Gasteiger partial charge in [0, 0.05) is 13.1 Å². The number of amides is 1. The maximum atomic E-state index is 12.5. The summed E-state index contributed by atoms with van der Waals surface area (Å²) in [4.78, 5) is 26.6. The third kappa shape index (κ3) is 4.78. The molecule has 0 aromatic heterocycles. The molecule has 0 unspecified atom stereocenters. The van der Waals surface area contributed by atoms with Crippen LogP contribution >= 0.6 is 11.6 Å². The van der Waals surface area contributed by atoms with Gasteiger partial charge in [-0.2, -0.15) is 0 Å². The van der Waals surface area contributed by atoms with Crippen molar-refractivity contribution in [2.45, 2.75) is 38.7 Å². The molecular formula is C18H24ClNO5. The van der Waals surface area contributed by atoms with E-state index < -0.39 is 12.1 Å². The molecule has 0 N–H and O–H groups in total. The Kier molecular flexibility index (Phi) is 6.93. The molecule has 1 amide bonds. The van der Waals surface area contributed by atoms with E-state index in [1.165, 1.54) is 26.4 Å². The van der Waals surface area contributed by atoms with Crippen LogP contribution < -0.4 is 9.47 Å². The molecule has 1 atom stereocenters. The van der Waals surface area contributed by atoms with Gasteiger partial charge in [0.1, 0.15) is 0 Å². The quantitative estimate of drug-likeness (QED) is 0.745. The fourth-order valence-electron chi connectivity index (χ4n) is 2.86. The summed E-state index contributed by atoms with van der Waals surface area (Å²) < 4.78 is 15.7. The molecule has 1 saturated heterocycles. The van der Waals surface area contributed by atoms with Gasteiger partial charge in [-0.05, 0) is 31.9 Å². The Balaban J connectivity index is 2.08. The van der Waals surface area contributed by atoms with Crippen LogP contribution in [0.4, 0.5) is 0 Å². The van der Waals surface area contributed by atoms with Gasteiger partial charge < -0.3 is 19.1 Å². The molecule has 6 nitrogen and oxygen atoms in total. The van der Waals surface area contributed by atoms with Gasteiger partial charge >= 0.3 is 5.97 Å². The SMILES string of the molecule is COc1cc(C(=O)O[C@H](C)C(=O)N2CCCCCC2)cc(Cl)c1OC. The third-order valence-electron chi connectivity index (χ3n) is 4.22. The van der Waals surface area contributed by atoms with E-state index in [-0.39, 0.29) is 16.5 Å². The largest absolute Gasteiger partial charge is 0.493 e. The summed E-state index contributed by atoms with van der Waals surface area (Å²) >= 11 is 6.11.